The fourth-order valence-corrected chi connectivity index (χ4v) is 1.90. The van der Waals surface area contributed by atoms with E-state index in [2.05, 4.69) is 19.6 Å². The topological polar surface area (TPSA) is 44.8 Å². The Hall–Kier alpha value is -1.36. The van der Waals surface area contributed by atoms with Crippen molar-refractivity contribution >= 4 is 18.6 Å². The van der Waals surface area contributed by atoms with Gasteiger partial charge in [0.05, 0.1) is 20.8 Å². The number of benzene rings is 1. The van der Waals surface area contributed by atoms with E-state index in [1.165, 1.54) is 7.11 Å². The molecule has 1 rings (SSSR count). The third-order valence-corrected chi connectivity index (χ3v) is 3.42. The normalized spacial score (nSPS) is 11.8. The molecule has 1 aromatic carbocycles. The lowest BCUT2D eigenvalue weighted by Gasteiger charge is -2.16. The van der Waals surface area contributed by atoms with Crippen LogP contribution in [0.4, 0.5) is 0 Å². The number of esters is 1. The monoisotopic (exact) mass is 284 g/mol. The van der Waals surface area contributed by atoms with Gasteiger partial charge in [-0.15, -0.1) is 0 Å². The van der Waals surface area contributed by atoms with Gasteiger partial charge in [-0.05, 0) is 24.3 Å². The van der Waals surface area contributed by atoms with E-state index in [0.717, 1.165) is 12.2 Å². The summed E-state index contributed by atoms with van der Waals surface area (Å²) in [7, 11) is 2.92. The number of carbonyl (C=O) groups is 1. The molecule has 0 fully saturated rings. The van der Waals surface area contributed by atoms with Crippen LogP contribution in [0, 0.1) is 5.92 Å². The fraction of sp³-hybridized carbons (Fsp3) is 0.500. The molecular formula is C14H20O4S. The number of hydrogen-bond acceptors (Lipinski definition) is 5. The lowest BCUT2D eigenvalue weighted by Crippen LogP contribution is -2.14. The first-order chi connectivity index (χ1) is 9.15. The van der Waals surface area contributed by atoms with Crippen LogP contribution in [0.2, 0.25) is 0 Å². The molecule has 0 radical (unpaired) electrons. The molecule has 1 atom stereocenters. The molecule has 1 aromatic rings. The van der Waals surface area contributed by atoms with Crippen LogP contribution in [-0.4, -0.2) is 32.5 Å². The molecule has 0 amide bonds. The maximum absolute atomic E-state index is 11.7. The average molecular weight is 284 g/mol. The summed E-state index contributed by atoms with van der Waals surface area (Å²) in [5.41, 5.74) is 0.400. The van der Waals surface area contributed by atoms with Crippen LogP contribution < -0.4 is 9.47 Å². The van der Waals surface area contributed by atoms with Crippen LogP contribution in [0.3, 0.4) is 0 Å². The van der Waals surface area contributed by atoms with Gasteiger partial charge in [0.2, 0.25) is 0 Å². The minimum Gasteiger partial charge on any atom is -0.497 e. The highest BCUT2D eigenvalue weighted by molar-refractivity contribution is 7.80. The Morgan fingerprint density at radius 3 is 2.63 bits per heavy atom. The van der Waals surface area contributed by atoms with Gasteiger partial charge in [0.15, 0.2) is 0 Å². The molecule has 0 aliphatic carbocycles. The van der Waals surface area contributed by atoms with Gasteiger partial charge in [-0.25, -0.2) is 4.79 Å². The average Bonchev–Trinajstić information content (AvgIpc) is 2.47. The van der Waals surface area contributed by atoms with Gasteiger partial charge in [0.25, 0.3) is 0 Å². The van der Waals surface area contributed by atoms with Crippen LogP contribution in [0.5, 0.6) is 11.5 Å². The van der Waals surface area contributed by atoms with Crippen LogP contribution in [0.1, 0.15) is 23.7 Å². The van der Waals surface area contributed by atoms with E-state index < -0.39 is 5.97 Å². The third-order valence-electron chi connectivity index (χ3n) is 2.90. The Morgan fingerprint density at radius 2 is 2.11 bits per heavy atom. The summed E-state index contributed by atoms with van der Waals surface area (Å²) in [4.78, 5) is 11.7. The number of carbonyl (C=O) groups excluding carboxylic acids is 1. The van der Waals surface area contributed by atoms with Crippen molar-refractivity contribution in [3.63, 3.8) is 0 Å². The summed E-state index contributed by atoms with van der Waals surface area (Å²) in [5, 5.41) is 0. The summed E-state index contributed by atoms with van der Waals surface area (Å²) < 4.78 is 15.6. The molecule has 5 heteroatoms. The molecule has 0 spiro atoms. The lowest BCUT2D eigenvalue weighted by molar-refractivity contribution is 0.0595. The number of methoxy groups -OCH3 is 2. The second kappa shape index (κ2) is 7.94. The van der Waals surface area contributed by atoms with Crippen molar-refractivity contribution in [2.24, 2.45) is 5.92 Å². The highest BCUT2D eigenvalue weighted by Gasteiger charge is 2.15. The van der Waals surface area contributed by atoms with E-state index in [4.69, 9.17) is 14.2 Å². The summed E-state index contributed by atoms with van der Waals surface area (Å²) in [6.07, 6.45) is 0.973. The SMILES string of the molecule is CCC(CS)COc1cc(OC)ccc1C(=O)OC. The molecule has 0 saturated heterocycles. The van der Waals surface area contributed by atoms with E-state index in [1.807, 2.05) is 0 Å². The Kier molecular flexibility index (Phi) is 6.56. The standard InChI is InChI=1S/C14H20O4S/c1-4-10(9-19)8-18-13-7-11(16-2)5-6-12(13)14(15)17-3/h5-7,10,19H,4,8-9H2,1-3H3. The zero-order valence-electron chi connectivity index (χ0n) is 11.5. The molecule has 0 N–H and O–H groups in total. The Balaban J connectivity index is 2.91. The van der Waals surface area contributed by atoms with Gasteiger partial charge in [-0.2, -0.15) is 12.6 Å². The number of rotatable bonds is 7. The number of ether oxygens (including phenoxy) is 3. The van der Waals surface area contributed by atoms with Crippen molar-refractivity contribution < 1.29 is 19.0 Å². The molecule has 106 valence electrons. The molecule has 19 heavy (non-hydrogen) atoms. The van der Waals surface area contributed by atoms with Crippen molar-refractivity contribution in [1.82, 2.24) is 0 Å². The maximum atomic E-state index is 11.7. The molecular weight excluding hydrogens is 264 g/mol. The quantitative estimate of drug-likeness (QED) is 0.618. The maximum Gasteiger partial charge on any atom is 0.341 e. The molecule has 0 aliphatic heterocycles. The van der Waals surface area contributed by atoms with Crippen LogP contribution in [0.15, 0.2) is 18.2 Å². The summed E-state index contributed by atoms with van der Waals surface area (Å²) in [5.74, 6) is 1.79. The van der Waals surface area contributed by atoms with Crippen molar-refractivity contribution in [3.05, 3.63) is 23.8 Å². The summed E-state index contributed by atoms with van der Waals surface area (Å²) in [6, 6.07) is 5.04. The first-order valence-electron chi connectivity index (χ1n) is 6.16. The molecule has 1 unspecified atom stereocenters. The molecule has 0 aliphatic rings. The predicted molar refractivity (Wildman–Crippen MR) is 77.5 cm³/mol. The van der Waals surface area contributed by atoms with Crippen molar-refractivity contribution in [3.8, 4) is 11.5 Å². The first-order valence-corrected chi connectivity index (χ1v) is 6.79. The van der Waals surface area contributed by atoms with Crippen molar-refractivity contribution in [2.45, 2.75) is 13.3 Å². The van der Waals surface area contributed by atoms with E-state index in [0.29, 0.717) is 29.6 Å². The molecule has 0 aromatic heterocycles. The van der Waals surface area contributed by atoms with Gasteiger partial charge < -0.3 is 14.2 Å². The number of thiol groups is 1. The summed E-state index contributed by atoms with van der Waals surface area (Å²) >= 11 is 4.27. The van der Waals surface area contributed by atoms with E-state index in [1.54, 1.807) is 25.3 Å². The predicted octanol–water partition coefficient (Wildman–Crippen LogP) is 2.82. The smallest absolute Gasteiger partial charge is 0.341 e. The zero-order valence-corrected chi connectivity index (χ0v) is 12.4. The minimum absolute atomic E-state index is 0.347. The number of hydrogen-bond donors (Lipinski definition) is 1. The van der Waals surface area contributed by atoms with Crippen LogP contribution >= 0.6 is 12.6 Å². The highest BCUT2D eigenvalue weighted by Crippen LogP contribution is 2.26. The summed E-state index contributed by atoms with van der Waals surface area (Å²) in [6.45, 7) is 2.59. The zero-order chi connectivity index (χ0) is 14.3. The molecule has 4 nitrogen and oxygen atoms in total. The fourth-order valence-electron chi connectivity index (χ4n) is 1.53. The van der Waals surface area contributed by atoms with E-state index in [9.17, 15) is 4.79 Å². The Labute approximate surface area is 119 Å². The molecule has 0 bridgehead atoms. The van der Waals surface area contributed by atoms with Gasteiger partial charge in [0, 0.05) is 12.0 Å². The minimum atomic E-state index is -0.420. The Bertz CT molecular complexity index is 416. The van der Waals surface area contributed by atoms with Gasteiger partial charge in [-0.3, -0.25) is 0 Å². The van der Waals surface area contributed by atoms with Crippen LogP contribution in [-0.2, 0) is 4.74 Å². The molecule has 0 saturated carbocycles. The second-order valence-electron chi connectivity index (χ2n) is 4.12. The third kappa shape index (κ3) is 4.35. The van der Waals surface area contributed by atoms with Crippen molar-refractivity contribution in [2.75, 3.05) is 26.6 Å². The van der Waals surface area contributed by atoms with E-state index >= 15 is 0 Å². The van der Waals surface area contributed by atoms with Gasteiger partial charge >= 0.3 is 5.97 Å². The van der Waals surface area contributed by atoms with Crippen molar-refractivity contribution in [1.29, 1.82) is 0 Å². The Morgan fingerprint density at radius 1 is 1.37 bits per heavy atom. The second-order valence-corrected chi connectivity index (χ2v) is 4.49. The van der Waals surface area contributed by atoms with Crippen LogP contribution in [0.25, 0.3) is 0 Å². The van der Waals surface area contributed by atoms with Gasteiger partial charge in [0.1, 0.15) is 17.1 Å². The highest BCUT2D eigenvalue weighted by atomic mass is 32.1. The van der Waals surface area contributed by atoms with E-state index in [-0.39, 0.29) is 0 Å². The first kappa shape index (κ1) is 15.7. The largest absolute Gasteiger partial charge is 0.497 e. The molecule has 0 heterocycles. The lowest BCUT2D eigenvalue weighted by atomic mass is 10.1. The van der Waals surface area contributed by atoms with Gasteiger partial charge in [-0.1, -0.05) is 6.92 Å².